The molecule has 1 fully saturated rings. The van der Waals surface area contributed by atoms with Gasteiger partial charge in [-0.3, -0.25) is 9.59 Å². The Balaban J connectivity index is 0.00000256. The Morgan fingerprint density at radius 2 is 1.94 bits per heavy atom. The summed E-state index contributed by atoms with van der Waals surface area (Å²) in [6.07, 6.45) is 2.21. The van der Waals surface area contributed by atoms with E-state index in [1.54, 1.807) is 11.9 Å². The minimum Gasteiger partial charge on any atom is -0.357 e. The van der Waals surface area contributed by atoms with Crippen LogP contribution in [0, 0.1) is 5.41 Å². The summed E-state index contributed by atoms with van der Waals surface area (Å²) in [6.45, 7) is 6.83. The Kier molecular flexibility index (Phi) is 5.61. The van der Waals surface area contributed by atoms with Gasteiger partial charge in [0.1, 0.15) is 6.04 Å². The van der Waals surface area contributed by atoms with Crippen molar-refractivity contribution in [3.63, 3.8) is 0 Å². The number of amides is 2. The molecule has 5 nitrogen and oxygen atoms in total. The quantitative estimate of drug-likeness (QED) is 0.767. The van der Waals surface area contributed by atoms with Crippen LogP contribution in [0.25, 0.3) is 0 Å². The van der Waals surface area contributed by atoms with Crippen molar-refractivity contribution in [3.8, 4) is 0 Å². The fraction of sp³-hybridized carbons (Fsp3) is 0.833. The van der Waals surface area contributed by atoms with Crippen LogP contribution in [0.15, 0.2) is 0 Å². The van der Waals surface area contributed by atoms with E-state index in [2.05, 4.69) is 5.32 Å². The van der Waals surface area contributed by atoms with Gasteiger partial charge in [0.2, 0.25) is 11.8 Å². The summed E-state index contributed by atoms with van der Waals surface area (Å²) in [5.74, 6) is 0.0540. The molecule has 0 aromatic rings. The number of carbonyl (C=O) groups excluding carboxylic acids is 2. The smallest absolute Gasteiger partial charge is 0.242 e. The molecule has 100 valence electrons. The van der Waals surface area contributed by atoms with E-state index in [4.69, 9.17) is 0 Å². The number of hydrogen-bond donors (Lipinski definition) is 2. The van der Waals surface area contributed by atoms with Crippen LogP contribution >= 0.6 is 0 Å². The molecule has 4 N–H and O–H groups in total. The van der Waals surface area contributed by atoms with Crippen molar-refractivity contribution in [2.45, 2.75) is 46.1 Å². The van der Waals surface area contributed by atoms with E-state index in [0.29, 0.717) is 13.0 Å². The molecule has 0 bridgehead atoms. The Bertz CT molecular complexity index is 284. The standard InChI is InChI=1S/C12H22N2O2.H3N/c1-12(2,3)8-10(15)14-7-5-6-9(14)11(16)13-4;/h9H,5-8H2,1-4H3,(H,13,16);1H3. The molecule has 0 radical (unpaired) electrons. The predicted molar refractivity (Wildman–Crippen MR) is 67.9 cm³/mol. The van der Waals surface area contributed by atoms with Crippen LogP contribution in [0.3, 0.4) is 0 Å². The Morgan fingerprint density at radius 1 is 1.35 bits per heavy atom. The van der Waals surface area contributed by atoms with E-state index < -0.39 is 0 Å². The molecule has 0 saturated carbocycles. The number of likely N-dealkylation sites (tertiary alicyclic amines) is 1. The fourth-order valence-electron chi connectivity index (χ4n) is 2.06. The normalized spacial score (nSPS) is 19.8. The average Bonchev–Trinajstić information content (AvgIpc) is 2.62. The van der Waals surface area contributed by atoms with Gasteiger partial charge in [0, 0.05) is 20.0 Å². The molecule has 17 heavy (non-hydrogen) atoms. The van der Waals surface area contributed by atoms with Gasteiger partial charge in [0.05, 0.1) is 0 Å². The number of hydrogen-bond acceptors (Lipinski definition) is 3. The molecule has 1 rings (SSSR count). The van der Waals surface area contributed by atoms with Crippen molar-refractivity contribution in [2.75, 3.05) is 13.6 Å². The average molecular weight is 243 g/mol. The van der Waals surface area contributed by atoms with Gasteiger partial charge in [-0.25, -0.2) is 0 Å². The first-order valence-electron chi connectivity index (χ1n) is 5.86. The molecule has 0 aromatic carbocycles. The molecular formula is C12H25N3O2. The van der Waals surface area contributed by atoms with Crippen molar-refractivity contribution in [2.24, 2.45) is 5.41 Å². The highest BCUT2D eigenvalue weighted by molar-refractivity contribution is 5.88. The second-order valence-corrected chi connectivity index (χ2v) is 5.60. The summed E-state index contributed by atoms with van der Waals surface area (Å²) in [7, 11) is 1.62. The number of rotatable bonds is 2. The zero-order valence-corrected chi connectivity index (χ0v) is 11.4. The summed E-state index contributed by atoms with van der Waals surface area (Å²) in [5.41, 5.74) is -0.0209. The molecule has 0 aromatic heterocycles. The number of carbonyl (C=O) groups is 2. The lowest BCUT2D eigenvalue weighted by Crippen LogP contribution is -2.45. The van der Waals surface area contributed by atoms with E-state index in [-0.39, 0.29) is 29.4 Å². The third-order valence-electron chi connectivity index (χ3n) is 2.80. The Hall–Kier alpha value is -1.10. The maximum absolute atomic E-state index is 12.0. The second kappa shape index (κ2) is 6.00. The van der Waals surface area contributed by atoms with Crippen LogP contribution in [0.5, 0.6) is 0 Å². The minimum atomic E-state index is -0.250. The molecule has 1 saturated heterocycles. The number of nitrogens with one attached hydrogen (secondary N) is 1. The summed E-state index contributed by atoms with van der Waals surface area (Å²) < 4.78 is 0. The molecule has 1 aliphatic heterocycles. The van der Waals surface area contributed by atoms with E-state index in [1.165, 1.54) is 0 Å². The zero-order valence-electron chi connectivity index (χ0n) is 11.4. The van der Waals surface area contributed by atoms with Crippen LogP contribution in [0.4, 0.5) is 0 Å². The number of likely N-dealkylation sites (N-methyl/N-ethyl adjacent to an activating group) is 1. The molecule has 1 unspecified atom stereocenters. The first kappa shape index (κ1) is 15.9. The largest absolute Gasteiger partial charge is 0.357 e. The monoisotopic (exact) mass is 243 g/mol. The molecule has 2 amide bonds. The molecule has 0 aliphatic carbocycles. The van der Waals surface area contributed by atoms with Gasteiger partial charge < -0.3 is 16.4 Å². The lowest BCUT2D eigenvalue weighted by Gasteiger charge is -2.27. The number of nitrogens with zero attached hydrogens (tertiary/aromatic N) is 1. The van der Waals surface area contributed by atoms with E-state index >= 15 is 0 Å². The van der Waals surface area contributed by atoms with Gasteiger partial charge in [0.15, 0.2) is 0 Å². The third kappa shape index (κ3) is 4.34. The van der Waals surface area contributed by atoms with Crippen LogP contribution in [0.1, 0.15) is 40.0 Å². The fourth-order valence-corrected chi connectivity index (χ4v) is 2.06. The topological polar surface area (TPSA) is 84.4 Å². The van der Waals surface area contributed by atoms with Crippen molar-refractivity contribution in [1.82, 2.24) is 16.4 Å². The highest BCUT2D eigenvalue weighted by atomic mass is 16.2. The minimum absolute atomic E-state index is 0. The van der Waals surface area contributed by atoms with Gasteiger partial charge >= 0.3 is 0 Å². The van der Waals surface area contributed by atoms with E-state index in [1.807, 2.05) is 20.8 Å². The van der Waals surface area contributed by atoms with Gasteiger partial charge in [0.25, 0.3) is 0 Å². The van der Waals surface area contributed by atoms with Gasteiger partial charge in [-0.05, 0) is 18.3 Å². The van der Waals surface area contributed by atoms with Crippen molar-refractivity contribution in [3.05, 3.63) is 0 Å². The second-order valence-electron chi connectivity index (χ2n) is 5.60. The summed E-state index contributed by atoms with van der Waals surface area (Å²) in [6, 6.07) is -0.250. The summed E-state index contributed by atoms with van der Waals surface area (Å²) in [4.78, 5) is 25.4. The van der Waals surface area contributed by atoms with Crippen molar-refractivity contribution >= 4 is 11.8 Å². The Morgan fingerprint density at radius 3 is 2.41 bits per heavy atom. The zero-order chi connectivity index (χ0) is 12.3. The predicted octanol–water partition coefficient (Wildman–Crippen LogP) is 1.32. The third-order valence-corrected chi connectivity index (χ3v) is 2.80. The molecule has 1 heterocycles. The summed E-state index contributed by atoms with van der Waals surface area (Å²) in [5, 5.41) is 2.62. The molecule has 1 aliphatic rings. The molecule has 5 heteroatoms. The first-order valence-corrected chi connectivity index (χ1v) is 5.86. The Labute approximate surface area is 104 Å². The molecule has 0 spiro atoms. The van der Waals surface area contributed by atoms with Crippen molar-refractivity contribution < 1.29 is 9.59 Å². The lowest BCUT2D eigenvalue weighted by atomic mass is 9.91. The van der Waals surface area contributed by atoms with Gasteiger partial charge in [-0.15, -0.1) is 0 Å². The summed E-state index contributed by atoms with van der Waals surface area (Å²) >= 11 is 0. The van der Waals surface area contributed by atoms with Gasteiger partial charge in [-0.1, -0.05) is 20.8 Å². The first-order chi connectivity index (χ1) is 7.35. The lowest BCUT2D eigenvalue weighted by molar-refractivity contribution is -0.139. The van der Waals surface area contributed by atoms with Crippen molar-refractivity contribution in [1.29, 1.82) is 0 Å². The van der Waals surface area contributed by atoms with E-state index in [0.717, 1.165) is 12.8 Å². The van der Waals surface area contributed by atoms with Gasteiger partial charge in [-0.2, -0.15) is 0 Å². The van der Waals surface area contributed by atoms with Crippen LogP contribution in [-0.2, 0) is 9.59 Å². The molecule has 1 atom stereocenters. The van der Waals surface area contributed by atoms with Crippen LogP contribution in [-0.4, -0.2) is 36.3 Å². The van der Waals surface area contributed by atoms with Crippen LogP contribution < -0.4 is 11.5 Å². The maximum Gasteiger partial charge on any atom is 0.242 e. The highest BCUT2D eigenvalue weighted by Crippen LogP contribution is 2.24. The molecular weight excluding hydrogens is 218 g/mol. The maximum atomic E-state index is 12.0. The SMILES string of the molecule is CNC(=O)C1CCCN1C(=O)CC(C)(C)C.N. The van der Waals surface area contributed by atoms with Crippen LogP contribution in [0.2, 0.25) is 0 Å². The van der Waals surface area contributed by atoms with E-state index in [9.17, 15) is 9.59 Å². The highest BCUT2D eigenvalue weighted by Gasteiger charge is 2.34.